The van der Waals surface area contributed by atoms with Gasteiger partial charge in [0.05, 0.1) is 15.5 Å². The Balaban J connectivity index is 1.54. The molecule has 39 heavy (non-hydrogen) atoms. The summed E-state index contributed by atoms with van der Waals surface area (Å²) in [6, 6.07) is 20.4. The summed E-state index contributed by atoms with van der Waals surface area (Å²) in [5.74, 6) is -0.658. The molecule has 0 saturated heterocycles. The molecule has 1 aromatic heterocycles. The van der Waals surface area contributed by atoms with Crippen LogP contribution >= 0.6 is 0 Å². The Morgan fingerprint density at radius 3 is 2.10 bits per heavy atom. The summed E-state index contributed by atoms with van der Waals surface area (Å²) in [5.41, 5.74) is 2.86. The monoisotopic (exact) mass is 565 g/mol. The molecule has 1 heterocycles. The van der Waals surface area contributed by atoms with E-state index in [4.69, 9.17) is 0 Å². The zero-order valence-corrected chi connectivity index (χ0v) is 23.1. The van der Waals surface area contributed by atoms with Crippen LogP contribution in [0.5, 0.6) is 0 Å². The van der Waals surface area contributed by atoms with Gasteiger partial charge >= 0.3 is 0 Å². The van der Waals surface area contributed by atoms with Crippen molar-refractivity contribution < 1.29 is 21.6 Å². The molecule has 4 rings (SSSR count). The summed E-state index contributed by atoms with van der Waals surface area (Å²) in [6.45, 7) is 4.84. The molecule has 2 N–H and O–H groups in total. The molecule has 0 fully saturated rings. The van der Waals surface area contributed by atoms with Gasteiger partial charge in [-0.2, -0.15) is 0 Å². The topological polar surface area (TPSA) is 138 Å². The molecule has 0 aliphatic heterocycles. The molecule has 0 saturated carbocycles. The van der Waals surface area contributed by atoms with Gasteiger partial charge in [-0.15, -0.1) is 0 Å². The molecule has 10 nitrogen and oxygen atoms in total. The third kappa shape index (κ3) is 6.59. The average Bonchev–Trinajstić information content (AvgIpc) is 2.88. The molecule has 0 spiro atoms. The van der Waals surface area contributed by atoms with Gasteiger partial charge in [0, 0.05) is 17.6 Å². The largest absolute Gasteiger partial charge is 0.325 e. The fourth-order valence-corrected chi connectivity index (χ4v) is 6.14. The Morgan fingerprint density at radius 2 is 1.46 bits per heavy atom. The first-order valence-electron chi connectivity index (χ1n) is 11.8. The highest BCUT2D eigenvalue weighted by atomic mass is 32.2. The number of benzene rings is 3. The molecule has 0 unspecified atom stereocenters. The Morgan fingerprint density at radius 1 is 0.821 bits per heavy atom. The number of carbonyl (C=O) groups is 1. The Hall–Kier alpha value is -4.29. The zero-order chi connectivity index (χ0) is 28.2. The van der Waals surface area contributed by atoms with Gasteiger partial charge in [0.1, 0.15) is 6.54 Å². The third-order valence-electron chi connectivity index (χ3n) is 5.75. The average molecular weight is 566 g/mol. The minimum Gasteiger partial charge on any atom is -0.325 e. The number of hydrogen-bond acceptors (Lipinski definition) is 7. The van der Waals surface area contributed by atoms with E-state index in [1.165, 1.54) is 42.6 Å². The lowest BCUT2D eigenvalue weighted by atomic mass is 10.2. The Kier molecular flexibility index (Phi) is 7.98. The summed E-state index contributed by atoms with van der Waals surface area (Å²) in [7, 11) is -8.03. The molecular weight excluding hydrogens is 538 g/mol. The van der Waals surface area contributed by atoms with E-state index in [1.807, 2.05) is 6.92 Å². The molecule has 202 valence electrons. The second kappa shape index (κ2) is 11.2. The molecule has 12 heteroatoms. The lowest BCUT2D eigenvalue weighted by Gasteiger charge is -2.25. The molecule has 1 amide bonds. The van der Waals surface area contributed by atoms with E-state index in [0.717, 1.165) is 9.87 Å². The van der Waals surface area contributed by atoms with Crippen LogP contribution in [0, 0.1) is 20.8 Å². The first-order valence-corrected chi connectivity index (χ1v) is 14.8. The normalized spacial score (nSPS) is 11.6. The Labute approximate surface area is 227 Å². The smallest absolute Gasteiger partial charge is 0.264 e. The van der Waals surface area contributed by atoms with Crippen LogP contribution in [0.3, 0.4) is 0 Å². The number of aryl methyl sites for hydroxylation is 3. The van der Waals surface area contributed by atoms with Gasteiger partial charge < -0.3 is 5.32 Å². The summed E-state index contributed by atoms with van der Waals surface area (Å²) in [5, 5.41) is 2.65. The van der Waals surface area contributed by atoms with Crippen molar-refractivity contribution in [3.8, 4) is 0 Å². The maximum absolute atomic E-state index is 13.6. The van der Waals surface area contributed by atoms with Gasteiger partial charge in [-0.3, -0.25) is 9.10 Å². The quantitative estimate of drug-likeness (QED) is 0.312. The number of rotatable bonds is 9. The van der Waals surface area contributed by atoms with Crippen molar-refractivity contribution in [2.24, 2.45) is 0 Å². The maximum atomic E-state index is 13.6. The van der Waals surface area contributed by atoms with E-state index in [2.05, 4.69) is 20.0 Å². The van der Waals surface area contributed by atoms with Crippen LogP contribution in [-0.4, -0.2) is 39.3 Å². The molecule has 0 atom stereocenters. The summed E-state index contributed by atoms with van der Waals surface area (Å²) < 4.78 is 55.9. The van der Waals surface area contributed by atoms with Crippen LogP contribution in [0.15, 0.2) is 94.9 Å². The SMILES string of the molecule is Cc1ccc(S(=O)(=O)N(CC(=O)Nc2ccc(S(=O)(=O)Nc3nccc(C)n3)cc2)c2ccccc2C)cc1. The number of nitrogens with zero attached hydrogens (tertiary/aromatic N) is 3. The molecular formula is C27H27N5O5S2. The summed E-state index contributed by atoms with van der Waals surface area (Å²) >= 11 is 0. The van der Waals surface area contributed by atoms with Crippen molar-refractivity contribution in [1.82, 2.24) is 9.97 Å². The van der Waals surface area contributed by atoms with Crippen molar-refractivity contribution in [3.63, 3.8) is 0 Å². The number of para-hydroxylation sites is 1. The van der Waals surface area contributed by atoms with E-state index in [1.54, 1.807) is 56.3 Å². The number of anilines is 3. The number of hydrogen-bond donors (Lipinski definition) is 2. The van der Waals surface area contributed by atoms with Gasteiger partial charge in [0.25, 0.3) is 20.0 Å². The second-order valence-electron chi connectivity index (χ2n) is 8.81. The number of sulfonamides is 2. The number of aromatic nitrogens is 2. The van der Waals surface area contributed by atoms with Crippen molar-refractivity contribution in [2.75, 3.05) is 20.9 Å². The summed E-state index contributed by atoms with van der Waals surface area (Å²) in [4.78, 5) is 21.0. The summed E-state index contributed by atoms with van der Waals surface area (Å²) in [6.07, 6.45) is 1.44. The highest BCUT2D eigenvalue weighted by Crippen LogP contribution is 2.27. The van der Waals surface area contributed by atoms with E-state index < -0.39 is 32.5 Å². The van der Waals surface area contributed by atoms with Crippen LogP contribution < -0.4 is 14.3 Å². The lowest BCUT2D eigenvalue weighted by Crippen LogP contribution is -2.38. The van der Waals surface area contributed by atoms with Crippen molar-refractivity contribution >= 4 is 43.3 Å². The van der Waals surface area contributed by atoms with Crippen LogP contribution in [-0.2, 0) is 24.8 Å². The van der Waals surface area contributed by atoms with E-state index >= 15 is 0 Å². The third-order valence-corrected chi connectivity index (χ3v) is 8.87. The van der Waals surface area contributed by atoms with Crippen LogP contribution in [0.2, 0.25) is 0 Å². The maximum Gasteiger partial charge on any atom is 0.264 e. The first-order chi connectivity index (χ1) is 18.5. The molecule has 0 aliphatic carbocycles. The predicted molar refractivity (Wildman–Crippen MR) is 150 cm³/mol. The van der Waals surface area contributed by atoms with Gasteiger partial charge in [0.2, 0.25) is 11.9 Å². The molecule has 3 aromatic carbocycles. The first kappa shape index (κ1) is 27.7. The van der Waals surface area contributed by atoms with Gasteiger partial charge in [0.15, 0.2) is 0 Å². The van der Waals surface area contributed by atoms with E-state index in [-0.39, 0.29) is 15.7 Å². The highest BCUT2D eigenvalue weighted by Gasteiger charge is 2.28. The molecule has 0 aliphatic rings. The minimum absolute atomic E-state index is 0.0570. The van der Waals surface area contributed by atoms with Crippen molar-refractivity contribution in [2.45, 2.75) is 30.6 Å². The number of amides is 1. The van der Waals surface area contributed by atoms with Crippen molar-refractivity contribution in [3.05, 3.63) is 102 Å². The van der Waals surface area contributed by atoms with Crippen LogP contribution in [0.4, 0.5) is 17.3 Å². The molecule has 4 aromatic rings. The van der Waals surface area contributed by atoms with E-state index in [0.29, 0.717) is 22.6 Å². The standard InChI is InChI=1S/C27H27N5O5S2/c1-19-8-12-24(13-9-19)39(36,37)32(25-7-5-4-6-20(25)2)18-26(33)30-22-10-14-23(15-11-22)38(34,35)31-27-28-17-16-21(3)29-27/h4-17H,18H2,1-3H3,(H,30,33)(H,28,29,31). The predicted octanol–water partition coefficient (Wildman–Crippen LogP) is 4.04. The zero-order valence-electron chi connectivity index (χ0n) is 21.5. The van der Waals surface area contributed by atoms with Gasteiger partial charge in [-0.25, -0.2) is 31.5 Å². The Bertz CT molecular complexity index is 1710. The van der Waals surface area contributed by atoms with Crippen LogP contribution in [0.25, 0.3) is 0 Å². The minimum atomic E-state index is -4.07. The molecule has 0 radical (unpaired) electrons. The number of nitrogens with one attached hydrogen (secondary N) is 2. The van der Waals surface area contributed by atoms with Gasteiger partial charge in [-0.1, -0.05) is 35.9 Å². The highest BCUT2D eigenvalue weighted by molar-refractivity contribution is 7.93. The molecule has 0 bridgehead atoms. The fourth-order valence-electron chi connectivity index (χ4n) is 3.71. The van der Waals surface area contributed by atoms with Crippen LogP contribution in [0.1, 0.15) is 16.8 Å². The second-order valence-corrected chi connectivity index (χ2v) is 12.4. The lowest BCUT2D eigenvalue weighted by molar-refractivity contribution is -0.114. The van der Waals surface area contributed by atoms with Gasteiger partial charge in [-0.05, 0) is 74.9 Å². The number of carbonyl (C=O) groups excluding carboxylic acids is 1. The van der Waals surface area contributed by atoms with Crippen molar-refractivity contribution in [1.29, 1.82) is 0 Å². The fraction of sp³-hybridized carbons (Fsp3) is 0.148. The van der Waals surface area contributed by atoms with E-state index in [9.17, 15) is 21.6 Å².